The number of anilines is 1. The molecule has 0 bridgehead atoms. The minimum atomic E-state index is -0.330. The summed E-state index contributed by atoms with van der Waals surface area (Å²) < 4.78 is 11.1. The zero-order valence-electron chi connectivity index (χ0n) is 18.0. The van der Waals surface area contributed by atoms with Gasteiger partial charge in [0.1, 0.15) is 6.10 Å². The number of amides is 1. The predicted molar refractivity (Wildman–Crippen MR) is 117 cm³/mol. The quantitative estimate of drug-likeness (QED) is 0.300. The third kappa shape index (κ3) is 9.28. The highest BCUT2D eigenvalue weighted by atomic mass is 16.5. The van der Waals surface area contributed by atoms with Gasteiger partial charge in [-0.1, -0.05) is 26.0 Å². The normalized spacial score (nSPS) is 16.8. The highest BCUT2D eigenvalue weighted by Gasteiger charge is 2.23. The van der Waals surface area contributed by atoms with Gasteiger partial charge >= 0.3 is 0 Å². The number of hydrogen-bond donors (Lipinski definition) is 3. The molecule has 7 heteroatoms. The lowest BCUT2D eigenvalue weighted by Crippen LogP contribution is -2.39. The number of benzene rings is 1. The van der Waals surface area contributed by atoms with Crippen LogP contribution in [-0.2, 0) is 20.8 Å². The maximum Gasteiger partial charge on any atom is 0.253 e. The molecule has 7 nitrogen and oxygen atoms in total. The van der Waals surface area contributed by atoms with Gasteiger partial charge in [-0.15, -0.1) is 0 Å². The second-order valence-electron chi connectivity index (χ2n) is 7.61. The number of hydrogen-bond acceptors (Lipinski definition) is 4. The van der Waals surface area contributed by atoms with Crippen LogP contribution in [0.2, 0.25) is 0 Å². The Labute approximate surface area is 174 Å². The van der Waals surface area contributed by atoms with E-state index in [1.807, 2.05) is 31.2 Å². The van der Waals surface area contributed by atoms with Gasteiger partial charge in [-0.05, 0) is 49.8 Å². The Morgan fingerprint density at radius 1 is 1.31 bits per heavy atom. The molecule has 0 aliphatic carbocycles. The zero-order chi connectivity index (χ0) is 20.9. The molecule has 1 fully saturated rings. The van der Waals surface area contributed by atoms with Crippen molar-refractivity contribution < 1.29 is 14.3 Å². The van der Waals surface area contributed by atoms with Gasteiger partial charge in [0.05, 0.1) is 13.2 Å². The first kappa shape index (κ1) is 23.2. The Morgan fingerprint density at radius 2 is 2.17 bits per heavy atom. The van der Waals surface area contributed by atoms with E-state index in [0.717, 1.165) is 49.6 Å². The average Bonchev–Trinajstić information content (AvgIpc) is 3.24. The molecule has 162 valence electrons. The van der Waals surface area contributed by atoms with Crippen LogP contribution in [-0.4, -0.2) is 50.9 Å². The van der Waals surface area contributed by atoms with Gasteiger partial charge in [0.15, 0.2) is 5.96 Å². The third-order valence-corrected chi connectivity index (χ3v) is 4.56. The van der Waals surface area contributed by atoms with E-state index in [2.05, 4.69) is 34.8 Å². The van der Waals surface area contributed by atoms with Crippen molar-refractivity contribution in [2.45, 2.75) is 52.7 Å². The van der Waals surface area contributed by atoms with Crippen molar-refractivity contribution in [3.05, 3.63) is 29.8 Å². The summed E-state index contributed by atoms with van der Waals surface area (Å²) in [6, 6.07) is 7.77. The predicted octanol–water partition coefficient (Wildman–Crippen LogP) is 2.92. The lowest BCUT2D eigenvalue weighted by Gasteiger charge is -2.13. The third-order valence-electron chi connectivity index (χ3n) is 4.56. The fourth-order valence-corrected chi connectivity index (χ4v) is 2.93. The molecule has 2 rings (SSSR count). The van der Waals surface area contributed by atoms with Gasteiger partial charge in [0.2, 0.25) is 0 Å². The lowest BCUT2D eigenvalue weighted by atomic mass is 10.1. The molecule has 0 spiro atoms. The number of rotatable bonds is 11. The zero-order valence-corrected chi connectivity index (χ0v) is 18.0. The summed E-state index contributed by atoms with van der Waals surface area (Å²) >= 11 is 0. The van der Waals surface area contributed by atoms with E-state index in [0.29, 0.717) is 32.2 Å². The van der Waals surface area contributed by atoms with Gasteiger partial charge in [-0.3, -0.25) is 4.79 Å². The van der Waals surface area contributed by atoms with Crippen molar-refractivity contribution in [3.63, 3.8) is 0 Å². The minimum Gasteiger partial charge on any atom is -0.380 e. The van der Waals surface area contributed by atoms with E-state index in [1.54, 1.807) is 0 Å². The molecule has 1 amide bonds. The van der Waals surface area contributed by atoms with Crippen molar-refractivity contribution in [3.8, 4) is 0 Å². The Balaban J connectivity index is 1.80. The second-order valence-corrected chi connectivity index (χ2v) is 7.61. The number of carbonyl (C=O) groups excluding carboxylic acids is 1. The van der Waals surface area contributed by atoms with E-state index < -0.39 is 0 Å². The van der Waals surface area contributed by atoms with Crippen molar-refractivity contribution in [2.75, 3.05) is 38.2 Å². The maximum absolute atomic E-state index is 12.2. The number of guanidine groups is 1. The van der Waals surface area contributed by atoms with Crippen LogP contribution in [0.4, 0.5) is 5.69 Å². The molecule has 1 saturated heterocycles. The first-order chi connectivity index (χ1) is 14.1. The largest absolute Gasteiger partial charge is 0.380 e. The fourth-order valence-electron chi connectivity index (χ4n) is 2.93. The Kier molecular flexibility index (Phi) is 10.5. The van der Waals surface area contributed by atoms with E-state index in [-0.39, 0.29) is 12.0 Å². The second kappa shape index (κ2) is 13.2. The number of nitrogens with one attached hydrogen (secondary N) is 3. The summed E-state index contributed by atoms with van der Waals surface area (Å²) in [5.41, 5.74) is 1.80. The topological polar surface area (TPSA) is 84.0 Å². The van der Waals surface area contributed by atoms with Gasteiger partial charge < -0.3 is 25.4 Å². The summed E-state index contributed by atoms with van der Waals surface area (Å²) in [6.07, 6.45) is 2.47. The first-order valence-electron chi connectivity index (χ1n) is 10.7. The molecule has 1 unspecified atom stereocenters. The first-order valence-corrected chi connectivity index (χ1v) is 10.7. The van der Waals surface area contributed by atoms with Crippen LogP contribution >= 0.6 is 0 Å². The molecule has 0 saturated carbocycles. The summed E-state index contributed by atoms with van der Waals surface area (Å²) in [6.45, 7) is 10.6. The van der Waals surface area contributed by atoms with Crippen molar-refractivity contribution in [1.29, 1.82) is 0 Å². The summed E-state index contributed by atoms with van der Waals surface area (Å²) in [7, 11) is 0. The minimum absolute atomic E-state index is 0.0735. The Bertz CT molecular complexity index is 643. The van der Waals surface area contributed by atoms with Gasteiger partial charge in [-0.2, -0.15) is 0 Å². The number of aliphatic imine (C=N–C) groups is 1. The van der Waals surface area contributed by atoms with Crippen LogP contribution in [0.3, 0.4) is 0 Å². The van der Waals surface area contributed by atoms with E-state index in [4.69, 9.17) is 9.47 Å². The van der Waals surface area contributed by atoms with Crippen LogP contribution in [0.1, 0.15) is 45.6 Å². The molecule has 1 aliphatic rings. The summed E-state index contributed by atoms with van der Waals surface area (Å²) in [4.78, 5) is 16.8. The molecule has 1 heterocycles. The molecule has 1 aromatic rings. The van der Waals surface area contributed by atoms with Crippen LogP contribution < -0.4 is 16.0 Å². The molecular formula is C22H36N4O3. The summed E-state index contributed by atoms with van der Waals surface area (Å²) in [5.74, 6) is 1.34. The number of carbonyl (C=O) groups is 1. The molecule has 0 radical (unpaired) electrons. The molecular weight excluding hydrogens is 368 g/mol. The van der Waals surface area contributed by atoms with Crippen LogP contribution in [0.5, 0.6) is 0 Å². The fraction of sp³-hybridized carbons (Fsp3) is 0.636. The van der Waals surface area contributed by atoms with Crippen molar-refractivity contribution >= 4 is 17.6 Å². The van der Waals surface area contributed by atoms with E-state index in [1.165, 1.54) is 0 Å². The molecule has 1 aromatic carbocycles. The van der Waals surface area contributed by atoms with Crippen molar-refractivity contribution in [1.82, 2.24) is 10.6 Å². The highest BCUT2D eigenvalue weighted by molar-refractivity contribution is 5.94. The SMILES string of the molecule is CCNC(=NCc1cccc(NC(=O)C2CCCO2)c1)NCCOCCC(C)C. The standard InChI is InChI=1S/C22H36N4O3/c1-4-23-22(24-11-14-28-13-10-17(2)3)25-16-18-7-5-8-19(15-18)26-21(27)20-9-6-12-29-20/h5,7-8,15,17,20H,4,6,9-14,16H2,1-3H3,(H,26,27)(H2,23,24,25). The smallest absolute Gasteiger partial charge is 0.253 e. The molecule has 0 aromatic heterocycles. The Morgan fingerprint density at radius 3 is 2.90 bits per heavy atom. The molecule has 3 N–H and O–H groups in total. The van der Waals surface area contributed by atoms with E-state index in [9.17, 15) is 4.79 Å². The van der Waals surface area contributed by atoms with Gasteiger partial charge in [0, 0.05) is 32.0 Å². The lowest BCUT2D eigenvalue weighted by molar-refractivity contribution is -0.124. The molecule has 1 atom stereocenters. The number of nitrogens with zero attached hydrogens (tertiary/aromatic N) is 1. The monoisotopic (exact) mass is 404 g/mol. The van der Waals surface area contributed by atoms with Crippen LogP contribution in [0.15, 0.2) is 29.3 Å². The molecule has 29 heavy (non-hydrogen) atoms. The van der Waals surface area contributed by atoms with Crippen molar-refractivity contribution in [2.24, 2.45) is 10.9 Å². The van der Waals surface area contributed by atoms with Gasteiger partial charge in [-0.25, -0.2) is 4.99 Å². The van der Waals surface area contributed by atoms with Crippen LogP contribution in [0, 0.1) is 5.92 Å². The average molecular weight is 405 g/mol. The van der Waals surface area contributed by atoms with Gasteiger partial charge in [0.25, 0.3) is 5.91 Å². The highest BCUT2D eigenvalue weighted by Crippen LogP contribution is 2.16. The number of ether oxygens (including phenoxy) is 2. The Hall–Kier alpha value is -2.12. The summed E-state index contributed by atoms with van der Waals surface area (Å²) in [5, 5.41) is 9.47. The van der Waals surface area contributed by atoms with E-state index >= 15 is 0 Å². The molecule has 1 aliphatic heterocycles. The maximum atomic E-state index is 12.2. The van der Waals surface area contributed by atoms with Crippen LogP contribution in [0.25, 0.3) is 0 Å².